The predicted octanol–water partition coefficient (Wildman–Crippen LogP) is 4.74. The van der Waals surface area contributed by atoms with Crippen molar-refractivity contribution in [3.63, 3.8) is 0 Å². The van der Waals surface area contributed by atoms with E-state index in [0.29, 0.717) is 10.6 Å². The molecule has 5 heteroatoms. The Morgan fingerprint density at radius 1 is 1.29 bits per heavy atom. The third kappa shape index (κ3) is 3.36. The Kier molecular flexibility index (Phi) is 5.06. The first-order valence-corrected chi connectivity index (χ1v) is 10.5. The van der Waals surface area contributed by atoms with Crippen molar-refractivity contribution in [2.75, 3.05) is 10.7 Å². The molecule has 0 fully saturated rings. The van der Waals surface area contributed by atoms with Gasteiger partial charge in [-0.15, -0.1) is 0 Å². The lowest BCUT2D eigenvalue weighted by Gasteiger charge is -2.22. The van der Waals surface area contributed by atoms with E-state index in [1.54, 1.807) is 0 Å². The van der Waals surface area contributed by atoms with Gasteiger partial charge in [0.2, 0.25) is 5.91 Å². The Morgan fingerprint density at radius 2 is 2.11 bits per heavy atom. The van der Waals surface area contributed by atoms with Gasteiger partial charge < -0.3 is 4.90 Å². The highest BCUT2D eigenvalue weighted by atomic mass is 32.2. The van der Waals surface area contributed by atoms with Crippen LogP contribution in [0, 0.1) is 11.3 Å². The number of benzene rings is 2. The van der Waals surface area contributed by atoms with E-state index in [9.17, 15) is 10.1 Å². The quantitative estimate of drug-likeness (QED) is 0.607. The number of amides is 1. The van der Waals surface area contributed by atoms with Crippen LogP contribution in [0.15, 0.2) is 53.6 Å². The highest BCUT2D eigenvalue weighted by Crippen LogP contribution is 2.33. The molecule has 2 aromatic carbocycles. The first-order chi connectivity index (χ1) is 13.6. The van der Waals surface area contributed by atoms with Crippen LogP contribution in [0.25, 0.3) is 10.9 Å². The maximum atomic E-state index is 12.9. The maximum absolute atomic E-state index is 12.9. The summed E-state index contributed by atoms with van der Waals surface area (Å²) in [7, 11) is 0. The number of hydrogen-bond donors (Lipinski definition) is 0. The van der Waals surface area contributed by atoms with E-state index in [1.807, 2.05) is 35.2 Å². The molecule has 0 bridgehead atoms. The summed E-state index contributed by atoms with van der Waals surface area (Å²) in [6.45, 7) is 4.18. The van der Waals surface area contributed by atoms with E-state index in [0.717, 1.165) is 29.4 Å². The van der Waals surface area contributed by atoms with Crippen LogP contribution >= 0.6 is 11.8 Å². The molecule has 1 aliphatic heterocycles. The number of nitrogens with zero attached hydrogens (tertiary/aromatic N) is 3. The minimum atomic E-state index is 0.0505. The molecule has 28 heavy (non-hydrogen) atoms. The number of aryl methyl sites for hydroxylation is 1. The van der Waals surface area contributed by atoms with Crippen LogP contribution in [0.5, 0.6) is 0 Å². The van der Waals surface area contributed by atoms with E-state index in [4.69, 9.17) is 0 Å². The lowest BCUT2D eigenvalue weighted by atomic mass is 10.1. The van der Waals surface area contributed by atoms with Gasteiger partial charge in [-0.1, -0.05) is 43.0 Å². The molecule has 2 heterocycles. The van der Waals surface area contributed by atoms with Gasteiger partial charge in [-0.05, 0) is 55.2 Å². The Hall–Kier alpha value is -2.84. The van der Waals surface area contributed by atoms with Crippen molar-refractivity contribution in [1.82, 2.24) is 4.98 Å². The number of aromatic nitrogens is 1. The molecule has 140 valence electrons. The van der Waals surface area contributed by atoms with E-state index >= 15 is 0 Å². The fourth-order valence-corrected chi connectivity index (χ4v) is 4.59. The van der Waals surface area contributed by atoms with Gasteiger partial charge >= 0.3 is 0 Å². The molecule has 4 nitrogen and oxygen atoms in total. The number of hydrogen-bond acceptors (Lipinski definition) is 4. The van der Waals surface area contributed by atoms with Crippen molar-refractivity contribution in [2.45, 2.75) is 37.8 Å². The van der Waals surface area contributed by atoms with Crippen LogP contribution in [0.4, 0.5) is 5.69 Å². The molecule has 0 saturated heterocycles. The third-order valence-corrected chi connectivity index (χ3v) is 6.16. The van der Waals surface area contributed by atoms with Gasteiger partial charge in [-0.3, -0.25) is 4.79 Å². The topological polar surface area (TPSA) is 57.0 Å². The minimum Gasteiger partial charge on any atom is -0.308 e. The zero-order valence-corrected chi connectivity index (χ0v) is 16.8. The number of carbonyl (C=O) groups excluding carboxylic acids is 1. The van der Waals surface area contributed by atoms with Crippen LogP contribution < -0.4 is 4.90 Å². The number of thioether (sulfide) groups is 1. The summed E-state index contributed by atoms with van der Waals surface area (Å²) in [5.41, 5.74) is 4.80. The number of carbonyl (C=O) groups is 1. The lowest BCUT2D eigenvalue weighted by Crippen LogP contribution is -2.37. The smallest absolute Gasteiger partial charge is 0.237 e. The van der Waals surface area contributed by atoms with Crippen LogP contribution in [0.2, 0.25) is 0 Å². The molecule has 4 rings (SSSR count). The first kappa shape index (κ1) is 18.5. The van der Waals surface area contributed by atoms with Crippen molar-refractivity contribution in [1.29, 1.82) is 5.26 Å². The molecule has 1 atom stereocenters. The summed E-state index contributed by atoms with van der Waals surface area (Å²) in [5.74, 6) is 0.313. The molecule has 1 aromatic heterocycles. The Balaban J connectivity index is 1.57. The van der Waals surface area contributed by atoms with Crippen molar-refractivity contribution < 1.29 is 4.79 Å². The van der Waals surface area contributed by atoms with Gasteiger partial charge in [-0.2, -0.15) is 5.26 Å². The monoisotopic (exact) mass is 387 g/mol. The number of pyridine rings is 1. The second kappa shape index (κ2) is 7.65. The zero-order chi connectivity index (χ0) is 19.7. The van der Waals surface area contributed by atoms with Gasteiger partial charge in [0, 0.05) is 17.1 Å². The number of fused-ring (bicyclic) bond motifs is 2. The van der Waals surface area contributed by atoms with Crippen LogP contribution in [0.3, 0.4) is 0 Å². The number of rotatable bonds is 4. The molecule has 3 aromatic rings. The van der Waals surface area contributed by atoms with Crippen LogP contribution in [-0.2, 0) is 17.6 Å². The molecule has 0 spiro atoms. The third-order valence-electron chi connectivity index (χ3n) is 5.18. The van der Waals surface area contributed by atoms with E-state index in [-0.39, 0.29) is 17.7 Å². The normalized spacial score (nSPS) is 15.5. The van der Waals surface area contributed by atoms with Crippen LogP contribution in [-0.4, -0.2) is 22.7 Å². The molecule has 0 aliphatic carbocycles. The first-order valence-electron chi connectivity index (χ1n) is 9.47. The lowest BCUT2D eigenvalue weighted by molar-refractivity contribution is -0.116. The standard InChI is InChI=1S/C23H21N3OS/c1-3-16-8-9-20-18(11-16)12-19(13-24)23(25-20)28-14-22(27)26-15(2)10-17-6-4-5-7-21(17)26/h4-9,11-12,15H,3,10,14H2,1-2H3. The molecule has 1 amide bonds. The second-order valence-electron chi connectivity index (χ2n) is 7.07. The molecule has 1 unspecified atom stereocenters. The maximum Gasteiger partial charge on any atom is 0.237 e. The molecule has 0 saturated carbocycles. The highest BCUT2D eigenvalue weighted by molar-refractivity contribution is 8.00. The van der Waals surface area contributed by atoms with Gasteiger partial charge in [-0.25, -0.2) is 4.98 Å². The van der Waals surface area contributed by atoms with Gasteiger partial charge in [0.25, 0.3) is 0 Å². The molecule has 1 aliphatic rings. The Bertz CT molecular complexity index is 1100. The number of nitriles is 1. The molecule has 0 N–H and O–H groups in total. The summed E-state index contributed by atoms with van der Waals surface area (Å²) < 4.78 is 0. The fourth-order valence-electron chi connectivity index (χ4n) is 3.76. The van der Waals surface area contributed by atoms with Crippen molar-refractivity contribution in [2.24, 2.45) is 0 Å². The summed E-state index contributed by atoms with van der Waals surface area (Å²) in [5, 5.41) is 11.1. The van der Waals surface area contributed by atoms with Gasteiger partial charge in [0.15, 0.2) is 0 Å². The second-order valence-corrected chi connectivity index (χ2v) is 8.03. The summed E-state index contributed by atoms with van der Waals surface area (Å²) in [6, 6.07) is 18.4. The van der Waals surface area contributed by atoms with Crippen molar-refractivity contribution in [3.05, 3.63) is 65.2 Å². The van der Waals surface area contributed by atoms with Crippen molar-refractivity contribution >= 4 is 34.3 Å². The Morgan fingerprint density at radius 3 is 2.89 bits per heavy atom. The van der Waals surface area contributed by atoms with Gasteiger partial charge in [0.05, 0.1) is 16.8 Å². The fraction of sp³-hybridized carbons (Fsp3) is 0.261. The summed E-state index contributed by atoms with van der Waals surface area (Å²) in [4.78, 5) is 19.5. The van der Waals surface area contributed by atoms with Gasteiger partial charge in [0.1, 0.15) is 11.1 Å². The molecule has 0 radical (unpaired) electrons. The van der Waals surface area contributed by atoms with Crippen molar-refractivity contribution in [3.8, 4) is 6.07 Å². The molecular weight excluding hydrogens is 366 g/mol. The largest absolute Gasteiger partial charge is 0.308 e. The van der Waals surface area contributed by atoms with E-state index in [1.165, 1.54) is 22.9 Å². The van der Waals surface area contributed by atoms with Crippen LogP contribution in [0.1, 0.15) is 30.5 Å². The average Bonchev–Trinajstić information content (AvgIpc) is 3.06. The zero-order valence-electron chi connectivity index (χ0n) is 16.0. The molecular formula is C23H21N3OS. The average molecular weight is 388 g/mol. The predicted molar refractivity (Wildman–Crippen MR) is 114 cm³/mol. The minimum absolute atomic E-state index is 0.0505. The van der Waals surface area contributed by atoms with E-state index in [2.05, 4.69) is 43.1 Å². The summed E-state index contributed by atoms with van der Waals surface area (Å²) in [6.07, 6.45) is 1.82. The SMILES string of the molecule is CCc1ccc2nc(SCC(=O)N3c4ccccc4CC3C)c(C#N)cc2c1. The van der Waals surface area contributed by atoms with E-state index < -0.39 is 0 Å². The Labute approximate surface area is 169 Å². The highest BCUT2D eigenvalue weighted by Gasteiger charge is 2.30. The number of anilines is 1. The summed E-state index contributed by atoms with van der Waals surface area (Å²) >= 11 is 1.34. The number of para-hydroxylation sites is 1.